The minimum Gasteiger partial charge on any atom is -0.455 e. The zero-order valence-corrected chi connectivity index (χ0v) is 20.5. The Morgan fingerprint density at radius 3 is 2.38 bits per heavy atom. The molecule has 2 amide bonds. The molecule has 2 aromatic rings. The summed E-state index contributed by atoms with van der Waals surface area (Å²) >= 11 is 3.46. The average molecular weight is 501 g/mol. The molecule has 1 aliphatic heterocycles. The molecule has 7 heteroatoms. The lowest BCUT2D eigenvalue weighted by atomic mass is 10.0. The zero-order valence-electron chi connectivity index (χ0n) is 19.0. The lowest BCUT2D eigenvalue weighted by Gasteiger charge is -2.23. The summed E-state index contributed by atoms with van der Waals surface area (Å²) in [5, 5.41) is 2.78. The van der Waals surface area contributed by atoms with Crippen LogP contribution in [0.3, 0.4) is 0 Å². The Hall–Kier alpha value is -2.67. The van der Waals surface area contributed by atoms with E-state index in [2.05, 4.69) is 35.1 Å². The molecule has 1 fully saturated rings. The van der Waals surface area contributed by atoms with E-state index in [-0.39, 0.29) is 25.5 Å². The molecular formula is C25H29BrN2O4. The first-order valence-electron chi connectivity index (χ1n) is 10.9. The predicted molar refractivity (Wildman–Crippen MR) is 129 cm³/mol. The van der Waals surface area contributed by atoms with Crippen LogP contribution in [-0.2, 0) is 32.0 Å². The highest BCUT2D eigenvalue weighted by Crippen LogP contribution is 2.33. The first-order chi connectivity index (χ1) is 15.3. The molecule has 170 valence electrons. The molecule has 2 aromatic carbocycles. The van der Waals surface area contributed by atoms with E-state index in [0.29, 0.717) is 5.69 Å². The highest BCUT2D eigenvalue weighted by atomic mass is 79.9. The van der Waals surface area contributed by atoms with Crippen LogP contribution in [0.2, 0.25) is 0 Å². The average Bonchev–Trinajstić information content (AvgIpc) is 3.18. The molecule has 0 radical (unpaired) electrons. The normalized spacial score (nSPS) is 15.7. The maximum absolute atomic E-state index is 12.7. The molecule has 0 saturated carbocycles. The van der Waals surface area contributed by atoms with Crippen molar-refractivity contribution in [2.75, 3.05) is 23.4 Å². The van der Waals surface area contributed by atoms with Crippen molar-refractivity contribution in [3.63, 3.8) is 0 Å². The third-order valence-corrected chi connectivity index (χ3v) is 6.89. The summed E-state index contributed by atoms with van der Waals surface area (Å²) in [5.41, 5.74) is 5.74. The highest BCUT2D eigenvalue weighted by molar-refractivity contribution is 9.10. The molecule has 3 rings (SSSR count). The van der Waals surface area contributed by atoms with Crippen LogP contribution in [0.15, 0.2) is 34.8 Å². The fourth-order valence-electron chi connectivity index (χ4n) is 4.01. The van der Waals surface area contributed by atoms with Crippen LogP contribution >= 0.6 is 15.9 Å². The van der Waals surface area contributed by atoms with Gasteiger partial charge in [0.05, 0.1) is 5.92 Å². The Morgan fingerprint density at radius 2 is 1.75 bits per heavy atom. The smallest absolute Gasteiger partial charge is 0.311 e. The number of carbonyl (C=O) groups is 3. The van der Waals surface area contributed by atoms with Gasteiger partial charge in [-0.15, -0.1) is 0 Å². The second-order valence-electron chi connectivity index (χ2n) is 8.04. The third-order valence-electron chi connectivity index (χ3n) is 6.03. The number of anilines is 2. The maximum atomic E-state index is 12.7. The largest absolute Gasteiger partial charge is 0.455 e. The minimum absolute atomic E-state index is 0.0898. The number of aryl methyl sites for hydroxylation is 2. The van der Waals surface area contributed by atoms with Gasteiger partial charge in [0.15, 0.2) is 6.61 Å². The van der Waals surface area contributed by atoms with E-state index >= 15 is 0 Å². The summed E-state index contributed by atoms with van der Waals surface area (Å²) in [6, 6.07) is 9.70. The standard InChI is InChI=1S/C25H29BrN2O4/c1-5-17-8-7-9-18(6-2)24(17)28-13-19(12-23(28)30)25(31)32-14-22(29)27-21-11-10-20(26)15(3)16(21)4/h7-11,19H,5-6,12-14H2,1-4H3,(H,27,29)/t19-/m1/s1. The number of hydrogen-bond donors (Lipinski definition) is 1. The van der Waals surface area contributed by atoms with Crippen LogP contribution in [0.25, 0.3) is 0 Å². The number of rotatable bonds is 7. The molecule has 1 aliphatic rings. The topological polar surface area (TPSA) is 75.7 Å². The number of amides is 2. The zero-order chi connectivity index (χ0) is 23.4. The van der Waals surface area contributed by atoms with Crippen LogP contribution < -0.4 is 10.2 Å². The molecule has 0 aliphatic carbocycles. The van der Waals surface area contributed by atoms with Crippen LogP contribution in [0, 0.1) is 19.8 Å². The van der Waals surface area contributed by atoms with Crippen LogP contribution in [-0.4, -0.2) is 30.9 Å². The molecule has 0 unspecified atom stereocenters. The van der Waals surface area contributed by atoms with E-state index in [9.17, 15) is 14.4 Å². The summed E-state index contributed by atoms with van der Waals surface area (Å²) < 4.78 is 6.22. The number of esters is 1. The van der Waals surface area contributed by atoms with Crippen molar-refractivity contribution in [2.24, 2.45) is 5.92 Å². The van der Waals surface area contributed by atoms with E-state index in [0.717, 1.165) is 45.3 Å². The molecule has 1 N–H and O–H groups in total. The molecular weight excluding hydrogens is 472 g/mol. The number of hydrogen-bond acceptors (Lipinski definition) is 4. The summed E-state index contributed by atoms with van der Waals surface area (Å²) in [6.45, 7) is 7.87. The first-order valence-corrected chi connectivity index (χ1v) is 11.7. The van der Waals surface area contributed by atoms with Gasteiger partial charge in [0, 0.05) is 28.8 Å². The molecule has 1 saturated heterocycles. The van der Waals surface area contributed by atoms with E-state index in [1.54, 1.807) is 11.0 Å². The van der Waals surface area contributed by atoms with Crippen molar-refractivity contribution in [1.82, 2.24) is 0 Å². The fourth-order valence-corrected chi connectivity index (χ4v) is 4.44. The van der Waals surface area contributed by atoms with Gasteiger partial charge < -0.3 is 15.0 Å². The van der Waals surface area contributed by atoms with E-state index in [1.165, 1.54) is 0 Å². The summed E-state index contributed by atoms with van der Waals surface area (Å²) in [6.07, 6.45) is 1.70. The Labute approximate surface area is 197 Å². The summed E-state index contributed by atoms with van der Waals surface area (Å²) in [7, 11) is 0. The SMILES string of the molecule is CCc1cccc(CC)c1N1C[C@H](C(=O)OCC(=O)Nc2ccc(Br)c(C)c2C)CC1=O. The van der Waals surface area contributed by atoms with E-state index in [4.69, 9.17) is 4.74 Å². The van der Waals surface area contributed by atoms with Gasteiger partial charge in [-0.3, -0.25) is 14.4 Å². The summed E-state index contributed by atoms with van der Waals surface area (Å²) in [5.74, 6) is -1.60. The van der Waals surface area contributed by atoms with Crippen molar-refractivity contribution in [3.05, 3.63) is 57.1 Å². The lowest BCUT2D eigenvalue weighted by molar-refractivity contribution is -0.151. The number of nitrogens with one attached hydrogen (secondary N) is 1. The lowest BCUT2D eigenvalue weighted by Crippen LogP contribution is -2.29. The van der Waals surface area contributed by atoms with Gasteiger partial charge in [-0.05, 0) is 61.1 Å². The number of ether oxygens (including phenoxy) is 1. The minimum atomic E-state index is -0.582. The van der Waals surface area contributed by atoms with Gasteiger partial charge in [0.1, 0.15) is 0 Å². The Morgan fingerprint density at radius 1 is 1.09 bits per heavy atom. The van der Waals surface area contributed by atoms with Gasteiger partial charge in [-0.25, -0.2) is 0 Å². The number of para-hydroxylation sites is 1. The van der Waals surface area contributed by atoms with Gasteiger partial charge in [-0.2, -0.15) is 0 Å². The Balaban J connectivity index is 1.62. The van der Waals surface area contributed by atoms with E-state index < -0.39 is 17.8 Å². The number of carbonyl (C=O) groups excluding carboxylic acids is 3. The van der Waals surface area contributed by atoms with Crippen molar-refractivity contribution in [2.45, 2.75) is 47.0 Å². The number of nitrogens with zero attached hydrogens (tertiary/aromatic N) is 1. The Bertz CT molecular complexity index is 1030. The molecule has 1 heterocycles. The number of halogens is 1. The van der Waals surface area contributed by atoms with Crippen LogP contribution in [0.1, 0.15) is 42.5 Å². The Kier molecular flexibility index (Phi) is 7.72. The van der Waals surface area contributed by atoms with Crippen LogP contribution in [0.5, 0.6) is 0 Å². The highest BCUT2D eigenvalue weighted by Gasteiger charge is 2.37. The van der Waals surface area contributed by atoms with Crippen molar-refractivity contribution in [3.8, 4) is 0 Å². The molecule has 0 bridgehead atoms. The van der Waals surface area contributed by atoms with Crippen LogP contribution in [0.4, 0.5) is 11.4 Å². The van der Waals surface area contributed by atoms with Gasteiger partial charge >= 0.3 is 5.97 Å². The van der Waals surface area contributed by atoms with Crippen molar-refractivity contribution in [1.29, 1.82) is 0 Å². The molecule has 32 heavy (non-hydrogen) atoms. The summed E-state index contributed by atoms with van der Waals surface area (Å²) in [4.78, 5) is 39.4. The molecule has 6 nitrogen and oxygen atoms in total. The molecule has 0 spiro atoms. The number of benzene rings is 2. The second kappa shape index (κ2) is 10.3. The van der Waals surface area contributed by atoms with Gasteiger partial charge in [0.25, 0.3) is 5.91 Å². The second-order valence-corrected chi connectivity index (χ2v) is 8.89. The fraction of sp³-hybridized carbons (Fsp3) is 0.400. The monoisotopic (exact) mass is 500 g/mol. The van der Waals surface area contributed by atoms with Crippen molar-refractivity contribution >= 4 is 45.1 Å². The van der Waals surface area contributed by atoms with E-state index in [1.807, 2.05) is 38.1 Å². The molecule has 0 aromatic heterocycles. The predicted octanol–water partition coefficient (Wildman–Crippen LogP) is 4.73. The van der Waals surface area contributed by atoms with Crippen molar-refractivity contribution < 1.29 is 19.1 Å². The first kappa shape index (κ1) is 24.0. The van der Waals surface area contributed by atoms with Gasteiger partial charge in [0.2, 0.25) is 5.91 Å². The maximum Gasteiger partial charge on any atom is 0.311 e. The quantitative estimate of drug-likeness (QED) is 0.557. The third kappa shape index (κ3) is 5.04. The molecule has 1 atom stereocenters. The van der Waals surface area contributed by atoms with Gasteiger partial charge in [-0.1, -0.05) is 48.0 Å².